The lowest BCUT2D eigenvalue weighted by Crippen LogP contribution is -2.45. The van der Waals surface area contributed by atoms with E-state index in [0.717, 1.165) is 12.1 Å². The number of hydrogen-bond acceptors (Lipinski definition) is 3. The first-order valence-corrected chi connectivity index (χ1v) is 7.42. The van der Waals surface area contributed by atoms with Gasteiger partial charge in [-0.15, -0.1) is 0 Å². The molecule has 0 spiro atoms. The van der Waals surface area contributed by atoms with Gasteiger partial charge in [-0.1, -0.05) is 6.42 Å². The summed E-state index contributed by atoms with van der Waals surface area (Å²) in [5, 5.41) is 12.3. The number of phenolic OH excluding ortho intramolecular Hbond substituents is 1. The van der Waals surface area contributed by atoms with Crippen LogP contribution in [0.4, 0.5) is 0 Å². The summed E-state index contributed by atoms with van der Waals surface area (Å²) in [6, 6.07) is 4.84. The quantitative estimate of drug-likeness (QED) is 0.880. The molecule has 1 aromatic rings. The number of thioether (sulfide) groups is 1. The zero-order chi connectivity index (χ0) is 13.2. The third-order valence-electron chi connectivity index (χ3n) is 3.72. The lowest BCUT2D eigenvalue weighted by atomic mass is 9.84. The van der Waals surface area contributed by atoms with Crippen LogP contribution in [0.3, 0.4) is 0 Å². The fraction of sp³-hybridized carbons (Fsp3) is 0.500. The van der Waals surface area contributed by atoms with Crippen LogP contribution >= 0.6 is 11.8 Å². The first-order chi connectivity index (χ1) is 8.56. The molecule has 1 fully saturated rings. The maximum absolute atomic E-state index is 12.1. The van der Waals surface area contributed by atoms with Crippen molar-refractivity contribution in [3.63, 3.8) is 0 Å². The number of nitrogens with one attached hydrogen (secondary N) is 1. The normalized spacial score (nSPS) is 17.0. The molecule has 2 rings (SSSR count). The molecule has 0 heterocycles. The maximum atomic E-state index is 12.1. The summed E-state index contributed by atoms with van der Waals surface area (Å²) in [7, 11) is 0. The number of aryl methyl sites for hydroxylation is 1. The predicted octanol–water partition coefficient (Wildman–Crippen LogP) is 2.72. The number of benzene rings is 1. The Kier molecular flexibility index (Phi) is 3.85. The van der Waals surface area contributed by atoms with E-state index in [4.69, 9.17) is 0 Å². The minimum absolute atomic E-state index is 0.0483. The number of rotatable bonds is 4. The number of aromatic hydroxyl groups is 1. The average Bonchev–Trinajstić information content (AvgIpc) is 2.27. The van der Waals surface area contributed by atoms with Gasteiger partial charge in [0.2, 0.25) is 0 Å². The van der Waals surface area contributed by atoms with E-state index in [-0.39, 0.29) is 16.4 Å². The highest BCUT2D eigenvalue weighted by Gasteiger charge is 2.36. The van der Waals surface area contributed by atoms with Crippen molar-refractivity contribution in [2.75, 3.05) is 12.8 Å². The molecule has 1 saturated carbocycles. The molecule has 0 aromatic heterocycles. The van der Waals surface area contributed by atoms with Crippen molar-refractivity contribution in [1.82, 2.24) is 5.32 Å². The molecule has 1 aromatic carbocycles. The second-order valence-electron chi connectivity index (χ2n) is 4.92. The zero-order valence-electron chi connectivity index (χ0n) is 10.8. The molecule has 2 N–H and O–H groups in total. The Labute approximate surface area is 112 Å². The first kappa shape index (κ1) is 13.3. The molecule has 1 aliphatic carbocycles. The second-order valence-corrected chi connectivity index (χ2v) is 6.20. The number of phenols is 1. The molecular formula is C14H19NO2S. The van der Waals surface area contributed by atoms with Crippen molar-refractivity contribution in [2.24, 2.45) is 0 Å². The maximum Gasteiger partial charge on any atom is 0.251 e. The molecule has 3 nitrogen and oxygen atoms in total. The van der Waals surface area contributed by atoms with Crippen molar-refractivity contribution in [1.29, 1.82) is 0 Å². The van der Waals surface area contributed by atoms with Crippen LogP contribution in [0.5, 0.6) is 5.75 Å². The number of amides is 1. The molecule has 18 heavy (non-hydrogen) atoms. The van der Waals surface area contributed by atoms with E-state index in [1.807, 2.05) is 18.7 Å². The Hall–Kier alpha value is -1.16. The van der Waals surface area contributed by atoms with E-state index < -0.39 is 0 Å². The Morgan fingerprint density at radius 1 is 1.50 bits per heavy atom. The molecule has 0 atom stereocenters. The van der Waals surface area contributed by atoms with Gasteiger partial charge in [-0.3, -0.25) is 4.79 Å². The average molecular weight is 265 g/mol. The summed E-state index contributed by atoms with van der Waals surface area (Å²) in [5.74, 6) is 0.149. The van der Waals surface area contributed by atoms with E-state index >= 15 is 0 Å². The third-order valence-corrected chi connectivity index (χ3v) is 5.14. The summed E-state index contributed by atoms with van der Waals surface area (Å²) in [6.07, 6.45) is 5.73. The molecule has 98 valence electrons. The van der Waals surface area contributed by atoms with Crippen molar-refractivity contribution < 1.29 is 9.90 Å². The summed E-state index contributed by atoms with van der Waals surface area (Å²) in [5.41, 5.74) is 1.45. The molecule has 1 aliphatic rings. The molecule has 0 unspecified atom stereocenters. The lowest BCUT2D eigenvalue weighted by Gasteiger charge is -2.40. The van der Waals surface area contributed by atoms with Gasteiger partial charge in [0, 0.05) is 16.9 Å². The van der Waals surface area contributed by atoms with Crippen LogP contribution in [0.25, 0.3) is 0 Å². The van der Waals surface area contributed by atoms with Crippen LogP contribution in [0.15, 0.2) is 18.2 Å². The van der Waals surface area contributed by atoms with Crippen LogP contribution in [0.2, 0.25) is 0 Å². The highest BCUT2D eigenvalue weighted by Crippen LogP contribution is 2.42. The second kappa shape index (κ2) is 5.22. The lowest BCUT2D eigenvalue weighted by molar-refractivity contribution is 0.0943. The number of carbonyl (C=O) groups is 1. The van der Waals surface area contributed by atoms with Gasteiger partial charge in [0.05, 0.1) is 0 Å². The van der Waals surface area contributed by atoms with E-state index in [1.165, 1.54) is 19.3 Å². The summed E-state index contributed by atoms with van der Waals surface area (Å²) < 4.78 is 0.250. The van der Waals surface area contributed by atoms with Gasteiger partial charge < -0.3 is 10.4 Å². The third kappa shape index (κ3) is 2.64. The Morgan fingerprint density at radius 2 is 2.22 bits per heavy atom. The SMILES string of the molecule is CSC1(CNC(=O)c2ccc(O)cc2C)CCC1. The molecule has 1 amide bonds. The van der Waals surface area contributed by atoms with E-state index in [9.17, 15) is 9.90 Å². The number of hydrogen-bond donors (Lipinski definition) is 2. The van der Waals surface area contributed by atoms with Gasteiger partial charge in [-0.25, -0.2) is 0 Å². The van der Waals surface area contributed by atoms with Gasteiger partial charge in [0.1, 0.15) is 5.75 Å². The Morgan fingerprint density at radius 3 is 2.72 bits per heavy atom. The summed E-state index contributed by atoms with van der Waals surface area (Å²) >= 11 is 1.85. The molecule has 0 bridgehead atoms. The van der Waals surface area contributed by atoms with Crippen molar-refractivity contribution in [2.45, 2.75) is 30.9 Å². The largest absolute Gasteiger partial charge is 0.508 e. The van der Waals surface area contributed by atoms with Crippen LogP contribution < -0.4 is 5.32 Å². The number of carbonyl (C=O) groups excluding carboxylic acids is 1. The molecular weight excluding hydrogens is 246 g/mol. The van der Waals surface area contributed by atoms with Crippen molar-refractivity contribution in [3.05, 3.63) is 29.3 Å². The van der Waals surface area contributed by atoms with Crippen molar-refractivity contribution >= 4 is 17.7 Å². The summed E-state index contributed by atoms with van der Waals surface area (Å²) in [4.78, 5) is 12.1. The van der Waals surface area contributed by atoms with Crippen LogP contribution in [-0.4, -0.2) is 28.6 Å². The van der Waals surface area contributed by atoms with E-state index in [0.29, 0.717) is 5.56 Å². The first-order valence-electron chi connectivity index (χ1n) is 6.19. The predicted molar refractivity (Wildman–Crippen MR) is 75.3 cm³/mol. The minimum atomic E-state index is -0.0483. The smallest absolute Gasteiger partial charge is 0.251 e. The van der Waals surface area contributed by atoms with Crippen molar-refractivity contribution in [3.8, 4) is 5.75 Å². The monoisotopic (exact) mass is 265 g/mol. The van der Waals surface area contributed by atoms with E-state index in [2.05, 4.69) is 11.6 Å². The van der Waals surface area contributed by atoms with Crippen LogP contribution in [-0.2, 0) is 0 Å². The van der Waals surface area contributed by atoms with Gasteiger partial charge in [0.15, 0.2) is 0 Å². The highest BCUT2D eigenvalue weighted by molar-refractivity contribution is 8.00. The zero-order valence-corrected chi connectivity index (χ0v) is 11.6. The van der Waals surface area contributed by atoms with Crippen LogP contribution in [0.1, 0.15) is 35.2 Å². The molecule has 4 heteroatoms. The Bertz CT molecular complexity index is 450. The Balaban J connectivity index is 1.99. The minimum Gasteiger partial charge on any atom is -0.508 e. The standard InChI is InChI=1S/C14H19NO2S/c1-10-8-11(16)4-5-12(10)13(17)15-9-14(18-2)6-3-7-14/h4-5,8,16H,3,6-7,9H2,1-2H3,(H,15,17). The molecule has 0 radical (unpaired) electrons. The fourth-order valence-corrected chi connectivity index (χ4v) is 3.18. The van der Waals surface area contributed by atoms with Gasteiger partial charge >= 0.3 is 0 Å². The molecule has 0 saturated heterocycles. The fourth-order valence-electron chi connectivity index (χ4n) is 2.26. The molecule has 0 aliphatic heterocycles. The summed E-state index contributed by atoms with van der Waals surface area (Å²) in [6.45, 7) is 2.57. The van der Waals surface area contributed by atoms with Gasteiger partial charge in [-0.2, -0.15) is 11.8 Å². The van der Waals surface area contributed by atoms with E-state index in [1.54, 1.807) is 18.2 Å². The van der Waals surface area contributed by atoms with Gasteiger partial charge in [0.25, 0.3) is 5.91 Å². The van der Waals surface area contributed by atoms with Crippen LogP contribution in [0, 0.1) is 6.92 Å². The van der Waals surface area contributed by atoms with Gasteiger partial charge in [-0.05, 0) is 49.8 Å². The topological polar surface area (TPSA) is 49.3 Å². The highest BCUT2D eigenvalue weighted by atomic mass is 32.2.